The lowest BCUT2D eigenvalue weighted by molar-refractivity contribution is -0.134. The molecule has 3 nitrogen and oxygen atoms in total. The molecule has 2 aliphatic carbocycles. The van der Waals surface area contributed by atoms with E-state index in [0.29, 0.717) is 17.9 Å². The van der Waals surface area contributed by atoms with Gasteiger partial charge in [0.25, 0.3) is 0 Å². The quantitative estimate of drug-likeness (QED) is 0.721. The standard InChI is InChI=1S/C11H19NO2/c1-12(11(14)8-2-3-8)9-4-6-10(13)7-5-9/h8-10,13H,2-7H2,1H3. The third-order valence-corrected chi connectivity index (χ3v) is 3.49. The van der Waals surface area contributed by atoms with Gasteiger partial charge in [0, 0.05) is 19.0 Å². The number of carbonyl (C=O) groups is 1. The summed E-state index contributed by atoms with van der Waals surface area (Å²) in [5.41, 5.74) is 0. The molecular formula is C11H19NO2. The van der Waals surface area contributed by atoms with Crippen LogP contribution in [-0.4, -0.2) is 35.1 Å². The maximum Gasteiger partial charge on any atom is 0.225 e. The van der Waals surface area contributed by atoms with Crippen LogP contribution in [0.5, 0.6) is 0 Å². The Hall–Kier alpha value is -0.570. The van der Waals surface area contributed by atoms with Crippen molar-refractivity contribution >= 4 is 5.91 Å². The number of carbonyl (C=O) groups excluding carboxylic acids is 1. The molecule has 0 bridgehead atoms. The van der Waals surface area contributed by atoms with Crippen LogP contribution >= 0.6 is 0 Å². The average Bonchev–Trinajstić information content (AvgIpc) is 3.00. The normalized spacial score (nSPS) is 32.7. The number of aliphatic hydroxyl groups excluding tert-OH is 1. The van der Waals surface area contributed by atoms with Crippen LogP contribution in [0, 0.1) is 5.92 Å². The molecule has 14 heavy (non-hydrogen) atoms. The molecule has 0 spiro atoms. The van der Waals surface area contributed by atoms with E-state index in [1.54, 1.807) is 0 Å². The molecule has 0 saturated heterocycles. The first-order valence-corrected chi connectivity index (χ1v) is 5.63. The van der Waals surface area contributed by atoms with Crippen LogP contribution in [0.3, 0.4) is 0 Å². The third kappa shape index (κ3) is 2.08. The minimum Gasteiger partial charge on any atom is -0.393 e. The molecule has 0 heterocycles. The number of hydrogen-bond acceptors (Lipinski definition) is 2. The number of nitrogens with zero attached hydrogens (tertiary/aromatic N) is 1. The molecular weight excluding hydrogens is 178 g/mol. The van der Waals surface area contributed by atoms with Crippen LogP contribution in [-0.2, 0) is 4.79 Å². The van der Waals surface area contributed by atoms with Crippen molar-refractivity contribution in [2.45, 2.75) is 50.7 Å². The smallest absolute Gasteiger partial charge is 0.225 e. The van der Waals surface area contributed by atoms with Crippen LogP contribution in [0.4, 0.5) is 0 Å². The van der Waals surface area contributed by atoms with Gasteiger partial charge in [0.15, 0.2) is 0 Å². The van der Waals surface area contributed by atoms with Crippen molar-refractivity contribution in [3.05, 3.63) is 0 Å². The topological polar surface area (TPSA) is 40.5 Å². The summed E-state index contributed by atoms with van der Waals surface area (Å²) in [5.74, 6) is 0.651. The van der Waals surface area contributed by atoms with Crippen LogP contribution < -0.4 is 0 Å². The molecule has 80 valence electrons. The van der Waals surface area contributed by atoms with E-state index >= 15 is 0 Å². The molecule has 0 aliphatic heterocycles. The highest BCUT2D eigenvalue weighted by Gasteiger charge is 2.35. The lowest BCUT2D eigenvalue weighted by Gasteiger charge is -2.33. The number of rotatable bonds is 2. The zero-order valence-corrected chi connectivity index (χ0v) is 8.78. The number of aliphatic hydroxyl groups is 1. The van der Waals surface area contributed by atoms with Crippen molar-refractivity contribution in [1.29, 1.82) is 0 Å². The second kappa shape index (κ2) is 3.89. The van der Waals surface area contributed by atoms with E-state index < -0.39 is 0 Å². The van der Waals surface area contributed by atoms with Crippen LogP contribution in [0.1, 0.15) is 38.5 Å². The summed E-state index contributed by atoms with van der Waals surface area (Å²) in [5, 5.41) is 9.37. The fraction of sp³-hybridized carbons (Fsp3) is 0.909. The highest BCUT2D eigenvalue weighted by Crippen LogP contribution is 2.33. The first-order valence-electron chi connectivity index (χ1n) is 5.63. The average molecular weight is 197 g/mol. The Morgan fingerprint density at radius 3 is 2.21 bits per heavy atom. The summed E-state index contributed by atoms with van der Waals surface area (Å²) in [6, 6.07) is 0.381. The van der Waals surface area contributed by atoms with E-state index in [0.717, 1.165) is 38.5 Å². The number of amides is 1. The van der Waals surface area contributed by atoms with Gasteiger partial charge in [-0.25, -0.2) is 0 Å². The maximum absolute atomic E-state index is 11.7. The lowest BCUT2D eigenvalue weighted by Crippen LogP contribution is -2.41. The lowest BCUT2D eigenvalue weighted by atomic mass is 9.92. The van der Waals surface area contributed by atoms with Crippen molar-refractivity contribution in [3.8, 4) is 0 Å². The second-order valence-corrected chi connectivity index (χ2v) is 4.69. The maximum atomic E-state index is 11.7. The molecule has 1 amide bonds. The van der Waals surface area contributed by atoms with Crippen LogP contribution in [0.15, 0.2) is 0 Å². The summed E-state index contributed by atoms with van der Waals surface area (Å²) in [6.07, 6.45) is 5.68. The Labute approximate surface area is 85.1 Å². The van der Waals surface area contributed by atoms with Gasteiger partial charge in [-0.05, 0) is 38.5 Å². The molecule has 2 fully saturated rings. The summed E-state index contributed by atoms with van der Waals surface area (Å²) >= 11 is 0. The zero-order valence-electron chi connectivity index (χ0n) is 8.78. The second-order valence-electron chi connectivity index (χ2n) is 4.69. The largest absolute Gasteiger partial charge is 0.393 e. The van der Waals surface area contributed by atoms with Gasteiger partial charge in [0.05, 0.1) is 6.10 Å². The van der Waals surface area contributed by atoms with Crippen molar-refractivity contribution < 1.29 is 9.90 Å². The molecule has 0 atom stereocenters. The Morgan fingerprint density at radius 1 is 1.14 bits per heavy atom. The van der Waals surface area contributed by atoms with Gasteiger partial charge < -0.3 is 10.0 Å². The molecule has 2 rings (SSSR count). The Kier molecular flexibility index (Phi) is 2.77. The summed E-state index contributed by atoms with van der Waals surface area (Å²) in [7, 11) is 1.92. The van der Waals surface area contributed by atoms with Gasteiger partial charge in [-0.2, -0.15) is 0 Å². The predicted octanol–water partition coefficient (Wildman–Crippen LogP) is 1.16. The fourth-order valence-corrected chi connectivity index (χ4v) is 2.24. The highest BCUT2D eigenvalue weighted by molar-refractivity contribution is 5.81. The van der Waals surface area contributed by atoms with Gasteiger partial charge in [0.2, 0.25) is 5.91 Å². The monoisotopic (exact) mass is 197 g/mol. The SMILES string of the molecule is CN(C(=O)C1CC1)C1CCC(O)CC1. The van der Waals surface area contributed by atoms with E-state index in [2.05, 4.69) is 0 Å². The van der Waals surface area contributed by atoms with Gasteiger partial charge in [0.1, 0.15) is 0 Å². The Balaban J connectivity index is 1.84. The van der Waals surface area contributed by atoms with Gasteiger partial charge in [-0.3, -0.25) is 4.79 Å². The first kappa shape index (κ1) is 9.97. The van der Waals surface area contributed by atoms with Crippen molar-refractivity contribution in [2.75, 3.05) is 7.05 Å². The van der Waals surface area contributed by atoms with Gasteiger partial charge in [-0.15, -0.1) is 0 Å². The summed E-state index contributed by atoms with van der Waals surface area (Å²) < 4.78 is 0. The Morgan fingerprint density at radius 2 is 1.71 bits per heavy atom. The molecule has 0 aromatic heterocycles. The first-order chi connectivity index (χ1) is 6.68. The molecule has 0 aromatic rings. The van der Waals surface area contributed by atoms with E-state index in [4.69, 9.17) is 0 Å². The van der Waals surface area contributed by atoms with Gasteiger partial charge in [-0.1, -0.05) is 0 Å². The van der Waals surface area contributed by atoms with E-state index in [1.807, 2.05) is 11.9 Å². The molecule has 1 N–H and O–H groups in total. The predicted molar refractivity (Wildman–Crippen MR) is 53.8 cm³/mol. The van der Waals surface area contributed by atoms with E-state index in [-0.39, 0.29) is 6.10 Å². The highest BCUT2D eigenvalue weighted by atomic mass is 16.3. The van der Waals surface area contributed by atoms with Crippen LogP contribution in [0.25, 0.3) is 0 Å². The summed E-state index contributed by atoms with van der Waals surface area (Å²) in [4.78, 5) is 13.7. The fourth-order valence-electron chi connectivity index (χ4n) is 2.24. The minimum absolute atomic E-state index is 0.129. The zero-order chi connectivity index (χ0) is 10.1. The van der Waals surface area contributed by atoms with Gasteiger partial charge >= 0.3 is 0 Å². The molecule has 2 aliphatic rings. The van der Waals surface area contributed by atoms with Crippen molar-refractivity contribution in [2.24, 2.45) is 5.92 Å². The van der Waals surface area contributed by atoms with Crippen molar-refractivity contribution in [1.82, 2.24) is 4.90 Å². The summed E-state index contributed by atoms with van der Waals surface area (Å²) in [6.45, 7) is 0. The number of hydrogen-bond donors (Lipinski definition) is 1. The van der Waals surface area contributed by atoms with Crippen LogP contribution in [0.2, 0.25) is 0 Å². The molecule has 0 unspecified atom stereocenters. The minimum atomic E-state index is -0.129. The van der Waals surface area contributed by atoms with E-state index in [1.165, 1.54) is 0 Å². The molecule has 0 radical (unpaired) electrons. The van der Waals surface area contributed by atoms with E-state index in [9.17, 15) is 9.90 Å². The van der Waals surface area contributed by atoms with Crippen molar-refractivity contribution in [3.63, 3.8) is 0 Å². The molecule has 3 heteroatoms. The molecule has 2 saturated carbocycles. The Bertz CT molecular complexity index is 217. The molecule has 0 aromatic carbocycles. The third-order valence-electron chi connectivity index (χ3n) is 3.49.